The zero-order valence-corrected chi connectivity index (χ0v) is 9.97. The molecule has 12 heavy (non-hydrogen) atoms. The van der Waals surface area contributed by atoms with Crippen LogP contribution < -0.4 is 5.31 Å². The Morgan fingerprint density at radius 1 is 1.75 bits per heavy atom. The number of hydrogen-bond acceptors (Lipinski definition) is 2. The second-order valence-electron chi connectivity index (χ2n) is 1.98. The predicted molar refractivity (Wildman–Crippen MR) is 41.9 cm³/mol. The summed E-state index contributed by atoms with van der Waals surface area (Å²) in [6.07, 6.45) is 2.12. The van der Waals surface area contributed by atoms with Gasteiger partial charge in [-0.15, -0.1) is 0 Å². The summed E-state index contributed by atoms with van der Waals surface area (Å²) < 4.78 is 8.05. The zero-order valence-electron chi connectivity index (χ0n) is 8.03. The van der Waals surface area contributed by atoms with Gasteiger partial charge in [-0.05, 0) is 0 Å². The van der Waals surface area contributed by atoms with E-state index in [0.29, 0.717) is 10.4 Å². The Kier molecular flexibility index (Phi) is 4.84. The molecular formula is C7H11N2O2W-. The molecule has 0 aliphatic heterocycles. The average molecular weight is 340 g/mol. The maximum atomic E-state index is 11.3. The fourth-order valence-corrected chi connectivity index (χ4v) is 0.766. The molecule has 0 aromatic rings. The van der Waals surface area contributed by atoms with Crippen LogP contribution in [0.25, 0.3) is 0 Å². The monoisotopic (exact) mass is 340 g/mol. The molecule has 0 aliphatic carbocycles. The summed E-state index contributed by atoms with van der Waals surface area (Å²) >= 11 is 1.06. The Hall–Kier alpha value is -0.502. The molecule has 0 fully saturated rings. The van der Waals surface area contributed by atoms with E-state index in [2.05, 4.69) is 0 Å². The molecule has 0 unspecified atom stereocenters. The average Bonchev–Trinajstić information content (AvgIpc) is 2.17. The van der Waals surface area contributed by atoms with Gasteiger partial charge in [-0.1, -0.05) is 0 Å². The van der Waals surface area contributed by atoms with E-state index in [1.54, 1.807) is 6.92 Å². The number of imide groups is 1. The standard InChI is InChI=1S/C7H11N2O2.W/c1-3-5-8-7(11)9(4-2)6-10;/h3-4H2,1-2H3,(H,8,11);/q-1;/i/hD. The summed E-state index contributed by atoms with van der Waals surface area (Å²) in [5.41, 5.74) is 0. The number of amides is 3. The SMILES string of the molecule is [2H]N(C(=O)N([C-]=O)CC)[C](=[W])CC. The zero-order chi connectivity index (χ0) is 10.4. The Balaban J connectivity index is 4.39. The van der Waals surface area contributed by atoms with E-state index >= 15 is 0 Å². The van der Waals surface area contributed by atoms with Crippen molar-refractivity contribution in [2.75, 3.05) is 6.54 Å². The van der Waals surface area contributed by atoms with Crippen molar-refractivity contribution in [1.82, 2.24) is 10.2 Å². The molecule has 0 aromatic carbocycles. The third kappa shape index (κ3) is 3.76. The third-order valence-corrected chi connectivity index (χ3v) is 2.55. The summed E-state index contributed by atoms with van der Waals surface area (Å²) in [6.45, 7) is 3.76. The summed E-state index contributed by atoms with van der Waals surface area (Å²) in [5, 5.41) is 0.754. The van der Waals surface area contributed by atoms with Crippen LogP contribution in [0.5, 0.6) is 0 Å². The van der Waals surface area contributed by atoms with Gasteiger partial charge in [-0.3, -0.25) is 0 Å². The van der Waals surface area contributed by atoms with Crippen LogP contribution >= 0.6 is 0 Å². The number of hydrogen-bond donors (Lipinski definition) is 1. The molecule has 4 nitrogen and oxygen atoms in total. The number of carbonyl (C=O) groups excluding carboxylic acids is 2. The van der Waals surface area contributed by atoms with Gasteiger partial charge in [0.1, 0.15) is 0 Å². The molecule has 1 N–H and O–H groups in total. The fourth-order valence-electron chi connectivity index (χ4n) is 0.485. The number of urea groups is 1. The van der Waals surface area contributed by atoms with Gasteiger partial charge in [0.2, 0.25) is 0 Å². The van der Waals surface area contributed by atoms with Crippen LogP contribution in [0, 0.1) is 0 Å². The van der Waals surface area contributed by atoms with E-state index in [9.17, 15) is 9.59 Å². The third-order valence-electron chi connectivity index (χ3n) is 1.18. The summed E-state index contributed by atoms with van der Waals surface area (Å²) in [7, 11) is 0. The van der Waals surface area contributed by atoms with Gasteiger partial charge in [0, 0.05) is 0 Å². The number of nitrogens with one attached hydrogen (secondary N) is 1. The van der Waals surface area contributed by atoms with Gasteiger partial charge in [-0.25, -0.2) is 0 Å². The Morgan fingerprint density at radius 2 is 2.33 bits per heavy atom. The first-order chi connectivity index (χ1) is 6.08. The van der Waals surface area contributed by atoms with E-state index in [1.807, 2.05) is 6.92 Å². The first kappa shape index (κ1) is 9.59. The van der Waals surface area contributed by atoms with Gasteiger partial charge in [0.25, 0.3) is 0 Å². The van der Waals surface area contributed by atoms with Crippen LogP contribution in [0.15, 0.2) is 0 Å². The van der Waals surface area contributed by atoms with Crippen LogP contribution in [0.1, 0.15) is 20.3 Å². The molecule has 0 rings (SSSR count). The van der Waals surface area contributed by atoms with Crippen molar-refractivity contribution in [3.05, 3.63) is 0 Å². The Bertz CT molecular complexity index is 223. The van der Waals surface area contributed by atoms with Gasteiger partial charge in [0.15, 0.2) is 0 Å². The van der Waals surface area contributed by atoms with E-state index in [4.69, 9.17) is 1.41 Å². The molecule has 0 saturated carbocycles. The summed E-state index contributed by atoms with van der Waals surface area (Å²) in [5.74, 6) is 0. The van der Waals surface area contributed by atoms with Crippen LogP contribution in [0.4, 0.5) is 4.79 Å². The van der Waals surface area contributed by atoms with Crippen LogP contribution in [-0.4, -0.2) is 27.9 Å². The number of carbonyl (C=O) groups is 1. The Labute approximate surface area is 84.2 Å². The molecule has 0 radical (unpaired) electrons. The van der Waals surface area contributed by atoms with E-state index < -0.39 is 6.03 Å². The van der Waals surface area contributed by atoms with E-state index in [1.165, 1.54) is 6.41 Å². The molecule has 0 heterocycles. The van der Waals surface area contributed by atoms with Crippen molar-refractivity contribution in [3.8, 4) is 0 Å². The maximum absolute atomic E-state index is 11.3. The molecule has 0 aliphatic rings. The molecule has 68 valence electrons. The van der Waals surface area contributed by atoms with Gasteiger partial charge in [0.05, 0.1) is 0 Å². The minimum atomic E-state index is -0.635. The van der Waals surface area contributed by atoms with Gasteiger partial charge < -0.3 is 0 Å². The van der Waals surface area contributed by atoms with Crippen LogP contribution in [0.2, 0.25) is 1.41 Å². The normalized spacial score (nSPS) is 10.0. The molecule has 0 spiro atoms. The van der Waals surface area contributed by atoms with E-state index in [-0.39, 0.29) is 6.54 Å². The number of nitrogens with zero attached hydrogens (tertiary/aromatic N) is 1. The molecule has 0 aromatic heterocycles. The first-order valence-corrected chi connectivity index (χ1v) is 5.06. The summed E-state index contributed by atoms with van der Waals surface area (Å²) in [6, 6.07) is -0.635. The first-order valence-electron chi connectivity index (χ1n) is 4.04. The van der Waals surface area contributed by atoms with Crippen LogP contribution in [-0.2, 0) is 24.1 Å². The quantitative estimate of drug-likeness (QED) is 0.586. The molecule has 0 bridgehead atoms. The van der Waals surface area contributed by atoms with Crippen molar-refractivity contribution in [3.63, 3.8) is 0 Å². The predicted octanol–water partition coefficient (Wildman–Crippen LogP) is 0.172. The van der Waals surface area contributed by atoms with Crippen molar-refractivity contribution in [1.29, 1.82) is 0 Å². The van der Waals surface area contributed by atoms with Crippen molar-refractivity contribution in [2.45, 2.75) is 20.3 Å². The second kappa shape index (κ2) is 6.06. The van der Waals surface area contributed by atoms with Crippen molar-refractivity contribution < 1.29 is 30.4 Å². The van der Waals surface area contributed by atoms with Gasteiger partial charge in [-0.2, -0.15) is 0 Å². The molecule has 5 heteroatoms. The van der Waals surface area contributed by atoms with Crippen LogP contribution in [0.3, 0.4) is 0 Å². The molecular weight excluding hydrogens is 328 g/mol. The Morgan fingerprint density at radius 3 is 2.67 bits per heavy atom. The topological polar surface area (TPSA) is 49.4 Å². The number of rotatable bonds is 4. The molecule has 0 saturated heterocycles. The van der Waals surface area contributed by atoms with Crippen molar-refractivity contribution >= 4 is 16.5 Å². The molecule has 3 amide bonds. The van der Waals surface area contributed by atoms with Gasteiger partial charge >= 0.3 is 83.8 Å². The summed E-state index contributed by atoms with van der Waals surface area (Å²) in [4.78, 5) is 22.4. The minimum absolute atomic E-state index is 0.240. The second-order valence-corrected chi connectivity index (χ2v) is 3.67. The molecule has 0 atom stereocenters. The fraction of sp³-hybridized carbons (Fsp3) is 0.571. The van der Waals surface area contributed by atoms with Crippen molar-refractivity contribution in [2.24, 2.45) is 0 Å². The van der Waals surface area contributed by atoms with E-state index in [0.717, 1.165) is 29.6 Å².